The summed E-state index contributed by atoms with van der Waals surface area (Å²) in [6, 6.07) is 21.2. The molecule has 2 aromatic carbocycles. The van der Waals surface area contributed by atoms with Crippen molar-refractivity contribution in [3.8, 4) is 0 Å². The molecule has 112 valence electrons. The zero-order chi connectivity index (χ0) is 14.2. The van der Waals surface area contributed by atoms with Gasteiger partial charge in [-0.25, -0.2) is 0 Å². The minimum absolute atomic E-state index is 0. The molecule has 0 heterocycles. The molecular formula is C19H24ClN. The molecule has 1 unspecified atom stereocenters. The minimum Gasteiger partial charge on any atom is -0.302 e. The molecule has 1 nitrogen and oxygen atoms in total. The normalized spacial score (nSPS) is 12.3. The molecular weight excluding hydrogens is 278 g/mol. The van der Waals surface area contributed by atoms with Gasteiger partial charge in [0.25, 0.3) is 0 Å². The fourth-order valence-corrected chi connectivity index (χ4v) is 2.36. The van der Waals surface area contributed by atoms with Crippen LogP contribution in [-0.2, 0) is 0 Å². The lowest BCUT2D eigenvalue weighted by Crippen LogP contribution is -2.23. The van der Waals surface area contributed by atoms with Gasteiger partial charge in [0.2, 0.25) is 0 Å². The number of hydrogen-bond acceptors (Lipinski definition) is 1. The first kappa shape index (κ1) is 17.5. The molecule has 1 atom stereocenters. The number of rotatable bonds is 6. The number of likely N-dealkylation sites (N-methyl/N-ethyl adjacent to an activating group) is 1. The second-order valence-corrected chi connectivity index (χ2v) is 5.35. The van der Waals surface area contributed by atoms with Crippen LogP contribution in [0.5, 0.6) is 0 Å². The van der Waals surface area contributed by atoms with Crippen LogP contribution in [0.2, 0.25) is 0 Å². The lowest BCUT2D eigenvalue weighted by Gasteiger charge is -2.20. The summed E-state index contributed by atoms with van der Waals surface area (Å²) in [7, 11) is 2.18. The fourth-order valence-electron chi connectivity index (χ4n) is 2.36. The monoisotopic (exact) mass is 301 g/mol. The highest BCUT2D eigenvalue weighted by Gasteiger charge is 2.07. The molecule has 0 aromatic heterocycles. The van der Waals surface area contributed by atoms with Crippen LogP contribution in [0.3, 0.4) is 0 Å². The highest BCUT2D eigenvalue weighted by atomic mass is 35.5. The Kier molecular flexibility index (Phi) is 7.81. The molecule has 0 bridgehead atoms. The number of benzene rings is 2. The first-order valence-corrected chi connectivity index (χ1v) is 7.21. The summed E-state index contributed by atoms with van der Waals surface area (Å²) in [5.41, 5.74) is 2.67. The van der Waals surface area contributed by atoms with Crippen molar-refractivity contribution < 1.29 is 0 Å². The lowest BCUT2D eigenvalue weighted by molar-refractivity contribution is 0.349. The third-order valence-electron chi connectivity index (χ3n) is 3.48. The van der Waals surface area contributed by atoms with Gasteiger partial charge in [0.15, 0.2) is 0 Å². The molecule has 2 rings (SSSR count). The Bertz CT molecular complexity index is 522. The van der Waals surface area contributed by atoms with E-state index in [1.54, 1.807) is 0 Å². The van der Waals surface area contributed by atoms with E-state index in [0.717, 1.165) is 13.1 Å². The third-order valence-corrected chi connectivity index (χ3v) is 3.48. The molecule has 0 fully saturated rings. The summed E-state index contributed by atoms with van der Waals surface area (Å²) in [5.74, 6) is 0.561. The van der Waals surface area contributed by atoms with E-state index in [9.17, 15) is 0 Å². The summed E-state index contributed by atoms with van der Waals surface area (Å²) in [5, 5.41) is 0. The molecule has 0 amide bonds. The first-order valence-electron chi connectivity index (χ1n) is 7.21. The van der Waals surface area contributed by atoms with Gasteiger partial charge >= 0.3 is 0 Å². The van der Waals surface area contributed by atoms with Crippen molar-refractivity contribution in [1.29, 1.82) is 0 Å². The van der Waals surface area contributed by atoms with Gasteiger partial charge in [-0.05, 0) is 24.1 Å². The maximum absolute atomic E-state index is 2.36. The van der Waals surface area contributed by atoms with Gasteiger partial charge in [-0.3, -0.25) is 0 Å². The predicted octanol–water partition coefficient (Wildman–Crippen LogP) is 4.86. The first-order chi connectivity index (χ1) is 9.75. The number of hydrogen-bond donors (Lipinski definition) is 0. The zero-order valence-corrected chi connectivity index (χ0v) is 13.6. The van der Waals surface area contributed by atoms with Gasteiger partial charge in [-0.1, -0.05) is 79.7 Å². The van der Waals surface area contributed by atoms with Crippen LogP contribution in [0.1, 0.15) is 24.0 Å². The van der Waals surface area contributed by atoms with Gasteiger partial charge in [0.1, 0.15) is 0 Å². The van der Waals surface area contributed by atoms with E-state index >= 15 is 0 Å². The van der Waals surface area contributed by atoms with Crippen LogP contribution in [0.15, 0.2) is 66.7 Å². The summed E-state index contributed by atoms with van der Waals surface area (Å²) in [4.78, 5) is 2.36. The molecule has 0 saturated carbocycles. The van der Waals surface area contributed by atoms with Gasteiger partial charge in [-0.15, -0.1) is 12.4 Å². The van der Waals surface area contributed by atoms with Crippen LogP contribution >= 0.6 is 12.4 Å². The average Bonchev–Trinajstić information content (AvgIpc) is 2.49. The molecule has 0 N–H and O–H groups in total. The lowest BCUT2D eigenvalue weighted by atomic mass is 10.0. The van der Waals surface area contributed by atoms with Gasteiger partial charge < -0.3 is 4.90 Å². The topological polar surface area (TPSA) is 3.24 Å². The Balaban J connectivity index is 0.00000220. The molecule has 0 saturated heterocycles. The second-order valence-electron chi connectivity index (χ2n) is 5.35. The van der Waals surface area contributed by atoms with Crippen molar-refractivity contribution in [2.75, 3.05) is 20.1 Å². The van der Waals surface area contributed by atoms with Gasteiger partial charge in [-0.2, -0.15) is 0 Å². The van der Waals surface area contributed by atoms with E-state index in [-0.39, 0.29) is 12.4 Å². The molecule has 21 heavy (non-hydrogen) atoms. The Morgan fingerprint density at radius 1 is 0.952 bits per heavy atom. The van der Waals surface area contributed by atoms with Crippen molar-refractivity contribution in [2.45, 2.75) is 12.8 Å². The zero-order valence-electron chi connectivity index (χ0n) is 12.8. The largest absolute Gasteiger partial charge is 0.302 e. The summed E-state index contributed by atoms with van der Waals surface area (Å²) >= 11 is 0. The van der Waals surface area contributed by atoms with Crippen molar-refractivity contribution in [3.63, 3.8) is 0 Å². The summed E-state index contributed by atoms with van der Waals surface area (Å²) in [6.07, 6.45) is 4.41. The predicted molar refractivity (Wildman–Crippen MR) is 95.1 cm³/mol. The third kappa shape index (κ3) is 6.16. The molecule has 0 aliphatic carbocycles. The summed E-state index contributed by atoms with van der Waals surface area (Å²) in [6.45, 7) is 4.34. The van der Waals surface area contributed by atoms with Crippen molar-refractivity contribution >= 4 is 18.5 Å². The van der Waals surface area contributed by atoms with Gasteiger partial charge in [0.05, 0.1) is 0 Å². The maximum atomic E-state index is 2.36. The molecule has 2 heteroatoms. The maximum Gasteiger partial charge on any atom is 0.0163 e. The van der Waals surface area contributed by atoms with Crippen molar-refractivity contribution in [1.82, 2.24) is 4.90 Å². The number of halogens is 1. The Hall–Kier alpha value is -1.57. The second kappa shape index (κ2) is 9.38. The molecule has 0 spiro atoms. The van der Waals surface area contributed by atoms with Gasteiger partial charge in [0, 0.05) is 13.1 Å². The van der Waals surface area contributed by atoms with E-state index in [0.29, 0.717) is 5.92 Å². The minimum atomic E-state index is 0. The standard InChI is InChI=1S/C19H23N.ClH/c1-17(19-13-7-4-8-14-19)16-20(2)15-9-12-18-10-5-3-6-11-18;/h3-14,17H,15-16H2,1-2H3;1H/b12-9+;. The Morgan fingerprint density at radius 2 is 1.52 bits per heavy atom. The van der Waals surface area contributed by atoms with E-state index < -0.39 is 0 Å². The molecule has 0 aliphatic rings. The number of nitrogens with zero attached hydrogens (tertiary/aromatic N) is 1. The van der Waals surface area contributed by atoms with Crippen LogP contribution in [0.25, 0.3) is 6.08 Å². The molecule has 0 aliphatic heterocycles. The Labute approximate surface area is 134 Å². The van der Waals surface area contributed by atoms with Crippen molar-refractivity contribution in [2.24, 2.45) is 0 Å². The van der Waals surface area contributed by atoms with Crippen LogP contribution in [0, 0.1) is 0 Å². The highest BCUT2D eigenvalue weighted by Crippen LogP contribution is 2.15. The average molecular weight is 302 g/mol. The quantitative estimate of drug-likeness (QED) is 0.736. The smallest absolute Gasteiger partial charge is 0.0163 e. The van der Waals surface area contributed by atoms with Crippen LogP contribution in [0.4, 0.5) is 0 Å². The Morgan fingerprint density at radius 3 is 2.14 bits per heavy atom. The van der Waals surface area contributed by atoms with E-state index in [4.69, 9.17) is 0 Å². The fraction of sp³-hybridized carbons (Fsp3) is 0.263. The summed E-state index contributed by atoms with van der Waals surface area (Å²) < 4.78 is 0. The van der Waals surface area contributed by atoms with Crippen LogP contribution < -0.4 is 0 Å². The van der Waals surface area contributed by atoms with E-state index in [1.807, 2.05) is 6.07 Å². The molecule has 2 aromatic rings. The van der Waals surface area contributed by atoms with Crippen LogP contribution in [-0.4, -0.2) is 25.0 Å². The van der Waals surface area contributed by atoms with E-state index in [1.165, 1.54) is 11.1 Å². The van der Waals surface area contributed by atoms with Crippen molar-refractivity contribution in [3.05, 3.63) is 77.9 Å². The molecule has 0 radical (unpaired) electrons. The SMILES string of the molecule is CC(CN(C)C/C=C/c1ccccc1)c1ccccc1.Cl. The van der Waals surface area contributed by atoms with E-state index in [2.05, 4.69) is 85.6 Å². The highest BCUT2D eigenvalue weighted by molar-refractivity contribution is 5.85.